The molecule has 1 aromatic heterocycles. The summed E-state index contributed by atoms with van der Waals surface area (Å²) in [6, 6.07) is 2.30. The first kappa shape index (κ1) is 15.8. The van der Waals surface area contributed by atoms with Crippen molar-refractivity contribution in [1.82, 2.24) is 9.80 Å². The monoisotopic (exact) mass is 314 g/mol. The Morgan fingerprint density at radius 2 is 2.35 bits per heavy atom. The Morgan fingerprint density at radius 3 is 2.95 bits per heavy atom. The molecular formula is C14H22N2O2S2. The highest BCUT2D eigenvalue weighted by Crippen LogP contribution is 2.27. The number of carbonyl (C=O) groups is 1. The third-order valence-corrected chi connectivity index (χ3v) is 5.41. The van der Waals surface area contributed by atoms with Gasteiger partial charge >= 0.3 is 0 Å². The summed E-state index contributed by atoms with van der Waals surface area (Å²) in [7, 11) is 0. The predicted molar refractivity (Wildman–Crippen MR) is 84.7 cm³/mol. The van der Waals surface area contributed by atoms with Crippen LogP contribution in [0.15, 0.2) is 16.3 Å². The normalized spacial score (nSPS) is 22.0. The van der Waals surface area contributed by atoms with E-state index >= 15 is 0 Å². The molecule has 0 spiro atoms. The van der Waals surface area contributed by atoms with Gasteiger partial charge in [-0.3, -0.25) is 9.69 Å². The summed E-state index contributed by atoms with van der Waals surface area (Å²) in [5.41, 5.74) is 0. The van der Waals surface area contributed by atoms with Gasteiger partial charge in [-0.25, -0.2) is 0 Å². The lowest BCUT2D eigenvalue weighted by Crippen LogP contribution is -2.54. The number of hydrogen-bond donors (Lipinski definition) is 1. The Kier molecular flexibility index (Phi) is 5.49. The van der Waals surface area contributed by atoms with Crippen LogP contribution in [0, 0.1) is 0 Å². The summed E-state index contributed by atoms with van der Waals surface area (Å²) in [5, 5.41) is 11.5. The number of rotatable bonds is 4. The number of thioether (sulfide) groups is 1. The molecule has 1 amide bonds. The number of hydrogen-bond acceptors (Lipinski definition) is 5. The fourth-order valence-corrected chi connectivity index (χ4v) is 4.26. The predicted octanol–water partition coefficient (Wildman–Crippen LogP) is 2.00. The van der Waals surface area contributed by atoms with Crippen molar-refractivity contribution < 1.29 is 9.90 Å². The van der Waals surface area contributed by atoms with Crippen LogP contribution in [-0.4, -0.2) is 65.4 Å². The summed E-state index contributed by atoms with van der Waals surface area (Å²) in [5.74, 6) is 0.146. The van der Waals surface area contributed by atoms with Crippen LogP contribution in [0.5, 0.6) is 0 Å². The van der Waals surface area contributed by atoms with E-state index in [0.29, 0.717) is 12.6 Å². The van der Waals surface area contributed by atoms with Gasteiger partial charge in [0, 0.05) is 37.1 Å². The van der Waals surface area contributed by atoms with Crippen molar-refractivity contribution in [2.45, 2.75) is 30.9 Å². The molecule has 1 aromatic rings. The molecule has 1 fully saturated rings. The Hall–Kier alpha value is -0.560. The molecule has 0 bridgehead atoms. The van der Waals surface area contributed by atoms with E-state index in [9.17, 15) is 9.90 Å². The molecule has 0 radical (unpaired) electrons. The molecular weight excluding hydrogens is 292 g/mol. The highest BCUT2D eigenvalue weighted by atomic mass is 32.2. The van der Waals surface area contributed by atoms with E-state index in [2.05, 4.69) is 11.8 Å². The highest BCUT2D eigenvalue weighted by molar-refractivity contribution is 7.98. The zero-order chi connectivity index (χ0) is 14.7. The van der Waals surface area contributed by atoms with Gasteiger partial charge in [-0.15, -0.1) is 23.1 Å². The third-order valence-electron chi connectivity index (χ3n) is 3.59. The molecule has 0 saturated carbocycles. The van der Waals surface area contributed by atoms with Crippen LogP contribution in [0.2, 0.25) is 0 Å². The molecule has 6 heteroatoms. The van der Waals surface area contributed by atoms with Crippen molar-refractivity contribution in [3.63, 3.8) is 0 Å². The first-order chi connectivity index (χ1) is 9.52. The van der Waals surface area contributed by atoms with Crippen LogP contribution in [0.25, 0.3) is 0 Å². The number of piperazine rings is 1. The van der Waals surface area contributed by atoms with Gasteiger partial charge in [0.1, 0.15) is 4.88 Å². The Balaban J connectivity index is 2.00. The van der Waals surface area contributed by atoms with E-state index < -0.39 is 0 Å². The molecule has 0 aromatic carbocycles. The standard InChI is InChI=1S/C14H22N2O2S2/c1-10-8-16(6-5-15(10)9-11(2)17)14(18)13-12(19-3)4-7-20-13/h4,7,10-11,17H,5-6,8-9H2,1-3H3. The summed E-state index contributed by atoms with van der Waals surface area (Å²) >= 11 is 3.15. The number of amides is 1. The smallest absolute Gasteiger partial charge is 0.265 e. The second-order valence-corrected chi connectivity index (χ2v) is 7.03. The van der Waals surface area contributed by atoms with E-state index in [4.69, 9.17) is 0 Å². The quantitative estimate of drug-likeness (QED) is 0.863. The van der Waals surface area contributed by atoms with Crippen molar-refractivity contribution in [2.75, 3.05) is 32.4 Å². The van der Waals surface area contributed by atoms with Gasteiger partial charge in [0.15, 0.2) is 0 Å². The molecule has 4 nitrogen and oxygen atoms in total. The van der Waals surface area contributed by atoms with Gasteiger partial charge in [-0.2, -0.15) is 0 Å². The van der Waals surface area contributed by atoms with Crippen LogP contribution in [0.1, 0.15) is 23.5 Å². The fraction of sp³-hybridized carbons (Fsp3) is 0.643. The lowest BCUT2D eigenvalue weighted by atomic mass is 10.1. The minimum atomic E-state index is -0.319. The molecule has 1 saturated heterocycles. The summed E-state index contributed by atoms with van der Waals surface area (Å²) < 4.78 is 0. The first-order valence-electron chi connectivity index (χ1n) is 6.85. The fourth-order valence-electron chi connectivity index (χ4n) is 2.55. The number of β-amino-alcohol motifs (C(OH)–C–C–N with tert-alkyl or cyclic N) is 1. The summed E-state index contributed by atoms with van der Waals surface area (Å²) in [6.45, 7) is 6.90. The summed E-state index contributed by atoms with van der Waals surface area (Å²) in [4.78, 5) is 18.7. The van der Waals surface area contributed by atoms with Gasteiger partial charge < -0.3 is 10.0 Å². The van der Waals surface area contributed by atoms with Crippen molar-refractivity contribution >= 4 is 29.0 Å². The van der Waals surface area contributed by atoms with Crippen LogP contribution in [0.3, 0.4) is 0 Å². The molecule has 1 N–H and O–H groups in total. The average molecular weight is 314 g/mol. The van der Waals surface area contributed by atoms with Gasteiger partial charge in [-0.05, 0) is 31.5 Å². The topological polar surface area (TPSA) is 43.8 Å². The molecule has 2 rings (SSSR count). The lowest BCUT2D eigenvalue weighted by molar-refractivity contribution is 0.0366. The molecule has 20 heavy (non-hydrogen) atoms. The Labute approximate surface area is 128 Å². The third kappa shape index (κ3) is 3.55. The van der Waals surface area contributed by atoms with Gasteiger partial charge in [0.2, 0.25) is 0 Å². The lowest BCUT2D eigenvalue weighted by Gasteiger charge is -2.40. The van der Waals surface area contributed by atoms with Gasteiger partial charge in [-0.1, -0.05) is 0 Å². The van der Waals surface area contributed by atoms with Crippen LogP contribution in [-0.2, 0) is 0 Å². The van der Waals surface area contributed by atoms with Crippen LogP contribution >= 0.6 is 23.1 Å². The van der Waals surface area contributed by atoms with Gasteiger partial charge in [0.05, 0.1) is 6.10 Å². The molecule has 112 valence electrons. The number of aliphatic hydroxyl groups excluding tert-OH is 1. The SMILES string of the molecule is CSc1ccsc1C(=O)N1CCN(CC(C)O)C(C)C1. The molecule has 2 atom stereocenters. The molecule has 2 unspecified atom stereocenters. The molecule has 1 aliphatic heterocycles. The average Bonchev–Trinajstić information content (AvgIpc) is 2.88. The number of aliphatic hydroxyl groups is 1. The zero-order valence-corrected chi connectivity index (χ0v) is 13.8. The second kappa shape index (κ2) is 6.93. The Bertz CT molecular complexity index is 462. The van der Waals surface area contributed by atoms with Crippen LogP contribution in [0.4, 0.5) is 0 Å². The second-order valence-electron chi connectivity index (χ2n) is 5.26. The largest absolute Gasteiger partial charge is 0.392 e. The van der Waals surface area contributed by atoms with Crippen molar-refractivity contribution in [1.29, 1.82) is 0 Å². The van der Waals surface area contributed by atoms with E-state index in [-0.39, 0.29) is 12.0 Å². The van der Waals surface area contributed by atoms with Crippen molar-refractivity contribution in [2.24, 2.45) is 0 Å². The van der Waals surface area contributed by atoms with Crippen molar-refractivity contribution in [3.8, 4) is 0 Å². The number of carbonyl (C=O) groups excluding carboxylic acids is 1. The minimum Gasteiger partial charge on any atom is -0.392 e. The zero-order valence-electron chi connectivity index (χ0n) is 12.2. The number of nitrogens with zero attached hydrogens (tertiary/aromatic N) is 2. The number of thiophene rings is 1. The maximum absolute atomic E-state index is 12.6. The summed E-state index contributed by atoms with van der Waals surface area (Å²) in [6.07, 6.45) is 1.68. The Morgan fingerprint density at radius 1 is 1.60 bits per heavy atom. The molecule has 2 heterocycles. The van der Waals surface area contributed by atoms with E-state index in [1.165, 1.54) is 11.3 Å². The van der Waals surface area contributed by atoms with Gasteiger partial charge in [0.25, 0.3) is 5.91 Å². The first-order valence-corrected chi connectivity index (χ1v) is 8.96. The maximum atomic E-state index is 12.6. The molecule has 0 aliphatic carbocycles. The molecule has 1 aliphatic rings. The van der Waals surface area contributed by atoms with Crippen LogP contribution < -0.4 is 0 Å². The highest BCUT2D eigenvalue weighted by Gasteiger charge is 2.29. The van der Waals surface area contributed by atoms with E-state index in [1.807, 2.05) is 22.6 Å². The van der Waals surface area contributed by atoms with E-state index in [1.54, 1.807) is 18.7 Å². The van der Waals surface area contributed by atoms with Crippen molar-refractivity contribution in [3.05, 3.63) is 16.3 Å². The maximum Gasteiger partial charge on any atom is 0.265 e. The van der Waals surface area contributed by atoms with E-state index in [0.717, 1.165) is 29.4 Å². The minimum absolute atomic E-state index is 0.146.